The van der Waals surface area contributed by atoms with E-state index in [1.54, 1.807) is 18.3 Å². The number of thiophene rings is 2. The minimum Gasteiger partial charge on any atom is -0.484 e. The highest BCUT2D eigenvalue weighted by molar-refractivity contribution is 7.51. The molecule has 0 saturated carbocycles. The summed E-state index contributed by atoms with van der Waals surface area (Å²) in [7, 11) is -4.03. The smallest absolute Gasteiger partial charge is 0.325 e. The quantitative estimate of drug-likeness (QED) is 0.254. The topological polar surface area (TPSA) is 110 Å². The van der Waals surface area contributed by atoms with Crippen LogP contribution in [0, 0.1) is 6.92 Å². The number of carbonyl (C=O) groups is 1. The summed E-state index contributed by atoms with van der Waals surface area (Å²) in [6, 6.07) is 5.76. The zero-order valence-electron chi connectivity index (χ0n) is 16.2. The Morgan fingerprint density at radius 2 is 2.07 bits per heavy atom. The maximum atomic E-state index is 12.3. The van der Waals surface area contributed by atoms with Crippen molar-refractivity contribution in [2.45, 2.75) is 51.5 Å². The predicted octanol–water partition coefficient (Wildman–Crippen LogP) is 4.38. The SMILES string of the molecule is Cc1csc(OCCCC(=O)c2ccc(CCC(C)(N)CCP(=O)(O)O)s2)c1. The van der Waals surface area contributed by atoms with Gasteiger partial charge in [-0.25, -0.2) is 0 Å². The van der Waals surface area contributed by atoms with Crippen LogP contribution < -0.4 is 10.5 Å². The molecule has 0 spiro atoms. The van der Waals surface area contributed by atoms with Gasteiger partial charge in [-0.1, -0.05) is 0 Å². The van der Waals surface area contributed by atoms with Crippen LogP contribution in [-0.4, -0.2) is 33.9 Å². The standard InChI is InChI=1S/C19H28NO5PS2/c1-14-12-18(27-13-14)25-10-3-4-16(21)17-6-5-15(28-17)7-8-19(2,20)9-11-26(22,23)24/h5-6,12-13H,3-4,7-11,20H2,1-2H3,(H2,22,23,24). The normalized spacial score (nSPS) is 14.0. The molecule has 156 valence electrons. The number of ether oxygens (including phenoxy) is 1. The second-order valence-electron chi connectivity index (χ2n) is 7.38. The molecule has 0 saturated heterocycles. The van der Waals surface area contributed by atoms with Crippen LogP contribution >= 0.6 is 30.3 Å². The van der Waals surface area contributed by atoms with Crippen LogP contribution in [0.3, 0.4) is 0 Å². The number of nitrogens with two attached hydrogens (primary N) is 1. The van der Waals surface area contributed by atoms with Crippen molar-refractivity contribution in [2.75, 3.05) is 12.8 Å². The van der Waals surface area contributed by atoms with E-state index in [-0.39, 0.29) is 18.4 Å². The molecule has 1 unspecified atom stereocenters. The molecule has 0 radical (unpaired) electrons. The third-order valence-electron chi connectivity index (χ3n) is 4.35. The Bertz CT molecular complexity index is 824. The van der Waals surface area contributed by atoms with E-state index in [0.29, 0.717) is 32.3 Å². The Labute approximate surface area is 173 Å². The summed E-state index contributed by atoms with van der Waals surface area (Å²) >= 11 is 3.03. The van der Waals surface area contributed by atoms with E-state index in [4.69, 9.17) is 20.3 Å². The molecule has 2 heterocycles. The van der Waals surface area contributed by atoms with Gasteiger partial charge in [-0.2, -0.15) is 0 Å². The Hall–Kier alpha value is -1.02. The fourth-order valence-corrected chi connectivity index (χ4v) is 5.16. The van der Waals surface area contributed by atoms with E-state index in [2.05, 4.69) is 0 Å². The molecule has 0 aliphatic rings. The number of Topliss-reactive ketones (excluding diaryl/α,β-unsaturated/α-hetero) is 1. The first kappa shape index (κ1) is 23.3. The summed E-state index contributed by atoms with van der Waals surface area (Å²) in [5.41, 5.74) is 6.68. The maximum Gasteiger partial charge on any atom is 0.325 e. The van der Waals surface area contributed by atoms with Gasteiger partial charge in [0.15, 0.2) is 10.8 Å². The van der Waals surface area contributed by atoms with E-state index < -0.39 is 13.1 Å². The lowest BCUT2D eigenvalue weighted by molar-refractivity contribution is 0.0977. The number of aryl methyl sites for hydroxylation is 2. The number of rotatable bonds is 12. The molecule has 0 aliphatic carbocycles. The van der Waals surface area contributed by atoms with Crippen LogP contribution in [0.5, 0.6) is 5.06 Å². The molecule has 0 fully saturated rings. The summed E-state index contributed by atoms with van der Waals surface area (Å²) in [6.07, 6.45) is 2.47. The second-order valence-corrected chi connectivity index (χ2v) is 11.2. The summed E-state index contributed by atoms with van der Waals surface area (Å²) < 4.78 is 16.7. The first-order chi connectivity index (χ1) is 13.0. The average molecular weight is 446 g/mol. The Kier molecular flexibility index (Phi) is 8.43. The summed E-state index contributed by atoms with van der Waals surface area (Å²) in [6.45, 7) is 4.35. The van der Waals surface area contributed by atoms with Crippen molar-refractivity contribution in [3.8, 4) is 5.06 Å². The first-order valence-corrected chi connectivity index (χ1v) is 12.7. The Morgan fingerprint density at radius 3 is 2.71 bits per heavy atom. The lowest BCUT2D eigenvalue weighted by atomic mass is 9.94. The van der Waals surface area contributed by atoms with Crippen LogP contribution in [0.1, 0.15) is 52.7 Å². The van der Waals surface area contributed by atoms with Gasteiger partial charge in [-0.15, -0.1) is 22.7 Å². The summed E-state index contributed by atoms with van der Waals surface area (Å²) in [4.78, 5) is 32.1. The third kappa shape index (κ3) is 8.55. The van der Waals surface area contributed by atoms with Gasteiger partial charge in [0, 0.05) is 16.8 Å². The summed E-state index contributed by atoms with van der Waals surface area (Å²) in [5.74, 6) is 0.110. The van der Waals surface area contributed by atoms with E-state index in [1.807, 2.05) is 30.5 Å². The third-order valence-corrected chi connectivity index (χ3v) is 7.30. The fourth-order valence-electron chi connectivity index (χ4n) is 2.61. The molecule has 0 aromatic carbocycles. The first-order valence-electron chi connectivity index (χ1n) is 9.17. The van der Waals surface area contributed by atoms with E-state index in [1.165, 1.54) is 16.9 Å². The van der Waals surface area contributed by atoms with E-state index in [9.17, 15) is 9.36 Å². The maximum absolute atomic E-state index is 12.3. The molecule has 2 aromatic rings. The molecular formula is C19H28NO5PS2. The molecule has 28 heavy (non-hydrogen) atoms. The van der Waals surface area contributed by atoms with Gasteiger partial charge in [0.25, 0.3) is 0 Å². The van der Waals surface area contributed by atoms with Crippen molar-refractivity contribution in [1.82, 2.24) is 0 Å². The van der Waals surface area contributed by atoms with Gasteiger partial charge in [-0.3, -0.25) is 9.36 Å². The van der Waals surface area contributed by atoms with Crippen LogP contribution in [0.4, 0.5) is 0 Å². The molecule has 9 heteroatoms. The minimum atomic E-state index is -4.03. The van der Waals surface area contributed by atoms with E-state index in [0.717, 1.165) is 14.8 Å². The highest BCUT2D eigenvalue weighted by atomic mass is 32.1. The monoisotopic (exact) mass is 445 g/mol. The van der Waals surface area contributed by atoms with Crippen LogP contribution in [0.25, 0.3) is 0 Å². The van der Waals surface area contributed by atoms with Crippen molar-refractivity contribution >= 4 is 36.1 Å². The molecule has 0 aliphatic heterocycles. The zero-order chi connectivity index (χ0) is 20.8. The lowest BCUT2D eigenvalue weighted by Gasteiger charge is -2.24. The van der Waals surface area contributed by atoms with Gasteiger partial charge in [0.1, 0.15) is 0 Å². The average Bonchev–Trinajstić information content (AvgIpc) is 3.24. The second kappa shape index (κ2) is 10.1. The molecule has 6 nitrogen and oxygen atoms in total. The van der Waals surface area contributed by atoms with Crippen LogP contribution in [0.2, 0.25) is 0 Å². The molecule has 1 atom stereocenters. The number of hydrogen-bond acceptors (Lipinski definition) is 6. The van der Waals surface area contributed by atoms with Crippen LogP contribution in [-0.2, 0) is 11.0 Å². The van der Waals surface area contributed by atoms with Crippen molar-refractivity contribution in [3.63, 3.8) is 0 Å². The minimum absolute atomic E-state index is 0.110. The lowest BCUT2D eigenvalue weighted by Crippen LogP contribution is -2.37. The van der Waals surface area contributed by atoms with E-state index >= 15 is 0 Å². The van der Waals surface area contributed by atoms with Gasteiger partial charge in [0.2, 0.25) is 0 Å². The largest absolute Gasteiger partial charge is 0.484 e. The van der Waals surface area contributed by atoms with Crippen molar-refractivity contribution in [1.29, 1.82) is 0 Å². The van der Waals surface area contributed by atoms with Crippen LogP contribution in [0.15, 0.2) is 23.6 Å². The van der Waals surface area contributed by atoms with Crippen molar-refractivity contribution < 1.29 is 23.9 Å². The number of ketones is 1. The molecule has 2 rings (SSSR count). The predicted molar refractivity (Wildman–Crippen MR) is 115 cm³/mol. The molecule has 2 aromatic heterocycles. The Balaban J connectivity index is 1.73. The van der Waals surface area contributed by atoms with Gasteiger partial charge in [-0.05, 0) is 68.7 Å². The fraction of sp³-hybridized carbons (Fsp3) is 0.526. The van der Waals surface area contributed by atoms with Gasteiger partial charge >= 0.3 is 7.60 Å². The number of hydrogen-bond donors (Lipinski definition) is 3. The van der Waals surface area contributed by atoms with Gasteiger partial charge < -0.3 is 20.3 Å². The molecule has 0 amide bonds. The number of carbonyl (C=O) groups excluding carboxylic acids is 1. The highest BCUT2D eigenvalue weighted by Crippen LogP contribution is 2.37. The van der Waals surface area contributed by atoms with Gasteiger partial charge in [0.05, 0.1) is 17.6 Å². The highest BCUT2D eigenvalue weighted by Gasteiger charge is 2.24. The van der Waals surface area contributed by atoms with Crippen molar-refractivity contribution in [3.05, 3.63) is 38.9 Å². The van der Waals surface area contributed by atoms with Crippen molar-refractivity contribution in [2.24, 2.45) is 5.73 Å². The summed E-state index contributed by atoms with van der Waals surface area (Å²) in [5, 5.41) is 2.92. The Morgan fingerprint density at radius 1 is 1.32 bits per heavy atom. The molecule has 0 bridgehead atoms. The zero-order valence-corrected chi connectivity index (χ0v) is 18.7. The molecular weight excluding hydrogens is 417 g/mol. The molecule has 4 N–H and O–H groups in total.